The summed E-state index contributed by atoms with van der Waals surface area (Å²) in [5.41, 5.74) is 5.46. The third kappa shape index (κ3) is 2.42. The Morgan fingerprint density at radius 1 is 1.12 bits per heavy atom. The molecule has 0 unspecified atom stereocenters. The van der Waals surface area contributed by atoms with E-state index < -0.39 is 0 Å². The highest BCUT2D eigenvalue weighted by molar-refractivity contribution is 5.84. The van der Waals surface area contributed by atoms with Crippen LogP contribution in [-0.4, -0.2) is 10.6 Å². The highest BCUT2D eigenvalue weighted by atomic mass is 16.5. The molecule has 3 nitrogen and oxygen atoms in total. The number of hydrogen-bond donors (Lipinski definition) is 1. The Bertz CT molecular complexity index is 515. The number of aromatic nitrogens is 1. The van der Waals surface area contributed by atoms with Crippen LogP contribution in [0.3, 0.4) is 0 Å². The van der Waals surface area contributed by atoms with Crippen molar-refractivity contribution in [1.82, 2.24) is 4.98 Å². The quantitative estimate of drug-likeness (QED) is 0.797. The zero-order valence-corrected chi connectivity index (χ0v) is 9.82. The van der Waals surface area contributed by atoms with Gasteiger partial charge < -0.3 is 10.5 Å². The number of nitrogens with two attached hydrogens (primary N) is 1. The predicted octanol–water partition coefficient (Wildman–Crippen LogP) is 2.99. The molecule has 3 heteroatoms. The fourth-order valence-electron chi connectivity index (χ4n) is 1.55. The molecule has 84 valence electrons. The van der Waals surface area contributed by atoms with Crippen molar-refractivity contribution in [1.29, 1.82) is 0 Å². The number of anilines is 1. The molecule has 2 N–H and O–H groups in total. The first-order valence-electron chi connectivity index (χ1n) is 5.28. The van der Waals surface area contributed by atoms with Crippen LogP contribution in [0.1, 0.15) is 20.8 Å². The average molecular weight is 216 g/mol. The minimum Gasteiger partial charge on any atom is -0.488 e. The van der Waals surface area contributed by atoms with Gasteiger partial charge >= 0.3 is 0 Å². The first-order chi connectivity index (χ1) is 7.44. The number of nitrogen functional groups attached to an aromatic ring is 1. The molecule has 0 aliphatic heterocycles. The highest BCUT2D eigenvalue weighted by Crippen LogP contribution is 2.24. The summed E-state index contributed by atoms with van der Waals surface area (Å²) in [5, 5.41) is 2.12. The normalized spacial score (nSPS) is 11.7. The van der Waals surface area contributed by atoms with Crippen molar-refractivity contribution in [2.75, 3.05) is 5.73 Å². The Kier molecular flexibility index (Phi) is 2.46. The van der Waals surface area contributed by atoms with Gasteiger partial charge in [-0.3, -0.25) is 0 Å². The molecule has 0 spiro atoms. The number of pyridine rings is 1. The van der Waals surface area contributed by atoms with Crippen LogP contribution in [0.2, 0.25) is 0 Å². The van der Waals surface area contributed by atoms with Crippen molar-refractivity contribution in [3.63, 3.8) is 0 Å². The molecule has 2 rings (SSSR count). The number of rotatable bonds is 1. The minimum atomic E-state index is -0.188. The molecule has 0 aliphatic carbocycles. The molecule has 0 saturated heterocycles. The van der Waals surface area contributed by atoms with Gasteiger partial charge in [0.05, 0.1) is 0 Å². The van der Waals surface area contributed by atoms with Crippen molar-refractivity contribution in [3.8, 4) is 5.75 Å². The third-order valence-electron chi connectivity index (χ3n) is 2.14. The van der Waals surface area contributed by atoms with Gasteiger partial charge in [-0.1, -0.05) is 0 Å². The summed E-state index contributed by atoms with van der Waals surface area (Å²) in [4.78, 5) is 4.05. The maximum absolute atomic E-state index is 5.79. The van der Waals surface area contributed by atoms with Gasteiger partial charge in [-0.15, -0.1) is 0 Å². The molecule has 0 saturated carbocycles. The number of fused-ring (bicyclic) bond motifs is 1. The Balaban J connectivity index is 2.43. The molecule has 16 heavy (non-hydrogen) atoms. The summed E-state index contributed by atoms with van der Waals surface area (Å²) < 4.78 is 5.79. The summed E-state index contributed by atoms with van der Waals surface area (Å²) in [6.45, 7) is 6.08. The van der Waals surface area contributed by atoms with Crippen LogP contribution in [-0.2, 0) is 0 Å². The van der Waals surface area contributed by atoms with Crippen molar-refractivity contribution in [2.24, 2.45) is 0 Å². The monoisotopic (exact) mass is 216 g/mol. The molecule has 0 fully saturated rings. The van der Waals surface area contributed by atoms with Gasteiger partial charge in [0.15, 0.2) is 0 Å². The third-order valence-corrected chi connectivity index (χ3v) is 2.14. The summed E-state index contributed by atoms with van der Waals surface area (Å²) in [5.74, 6) is 1.38. The van der Waals surface area contributed by atoms with Gasteiger partial charge in [-0.05, 0) is 50.4 Å². The first-order valence-corrected chi connectivity index (χ1v) is 5.28. The van der Waals surface area contributed by atoms with Gasteiger partial charge in [0.1, 0.15) is 17.2 Å². The van der Waals surface area contributed by atoms with E-state index in [4.69, 9.17) is 10.5 Å². The lowest BCUT2D eigenvalue weighted by Crippen LogP contribution is -2.22. The molecule has 0 aliphatic rings. The van der Waals surface area contributed by atoms with Crippen molar-refractivity contribution >= 4 is 16.6 Å². The average Bonchev–Trinajstić information content (AvgIpc) is 2.14. The van der Waals surface area contributed by atoms with Crippen molar-refractivity contribution < 1.29 is 4.74 Å². The lowest BCUT2D eigenvalue weighted by atomic mass is 10.1. The summed E-state index contributed by atoms with van der Waals surface area (Å²) in [7, 11) is 0. The molecule has 1 aromatic carbocycles. The smallest absolute Gasteiger partial charge is 0.123 e. The van der Waals surface area contributed by atoms with Crippen LogP contribution < -0.4 is 10.5 Å². The van der Waals surface area contributed by atoms with Crippen LogP contribution in [0.4, 0.5) is 5.82 Å². The Morgan fingerprint density at radius 2 is 1.88 bits per heavy atom. The Morgan fingerprint density at radius 3 is 2.56 bits per heavy atom. The number of benzene rings is 1. The standard InChI is InChI=1S/C13H16N2O/c1-13(2,3)16-11-5-4-9-8-15-12(14)7-10(9)6-11/h4-8H,1-3H3,(H2,14,15). The molecule has 0 atom stereocenters. The summed E-state index contributed by atoms with van der Waals surface area (Å²) in [6, 6.07) is 7.78. The van der Waals surface area contributed by atoms with E-state index in [1.54, 1.807) is 6.20 Å². The van der Waals surface area contributed by atoms with E-state index in [1.165, 1.54) is 0 Å². The molecular formula is C13H16N2O. The number of hydrogen-bond acceptors (Lipinski definition) is 3. The fourth-order valence-corrected chi connectivity index (χ4v) is 1.55. The second-order valence-corrected chi connectivity index (χ2v) is 4.83. The van der Waals surface area contributed by atoms with Crippen LogP contribution >= 0.6 is 0 Å². The second kappa shape index (κ2) is 3.67. The molecule has 0 radical (unpaired) electrons. The van der Waals surface area contributed by atoms with Gasteiger partial charge in [0.2, 0.25) is 0 Å². The van der Waals surface area contributed by atoms with Gasteiger partial charge in [-0.25, -0.2) is 4.98 Å². The van der Waals surface area contributed by atoms with Crippen molar-refractivity contribution in [2.45, 2.75) is 26.4 Å². The van der Waals surface area contributed by atoms with Crippen LogP contribution in [0.25, 0.3) is 10.8 Å². The fraction of sp³-hybridized carbons (Fsp3) is 0.308. The predicted molar refractivity (Wildman–Crippen MR) is 66.5 cm³/mol. The van der Waals surface area contributed by atoms with E-state index in [2.05, 4.69) is 4.98 Å². The number of ether oxygens (including phenoxy) is 1. The van der Waals surface area contributed by atoms with Crippen LogP contribution in [0.15, 0.2) is 30.5 Å². The summed E-state index contributed by atoms with van der Waals surface area (Å²) in [6.07, 6.45) is 1.77. The van der Waals surface area contributed by atoms with Crippen LogP contribution in [0.5, 0.6) is 5.75 Å². The number of nitrogens with zero attached hydrogens (tertiary/aromatic N) is 1. The molecule has 2 aromatic rings. The molecule has 1 heterocycles. The zero-order chi connectivity index (χ0) is 11.8. The van der Waals surface area contributed by atoms with E-state index in [1.807, 2.05) is 45.0 Å². The maximum atomic E-state index is 5.79. The summed E-state index contributed by atoms with van der Waals surface area (Å²) >= 11 is 0. The van der Waals surface area contributed by atoms with E-state index in [0.717, 1.165) is 16.5 Å². The zero-order valence-electron chi connectivity index (χ0n) is 9.82. The van der Waals surface area contributed by atoms with Gasteiger partial charge in [0, 0.05) is 11.6 Å². The molecule has 0 amide bonds. The Hall–Kier alpha value is -1.77. The maximum Gasteiger partial charge on any atom is 0.123 e. The molecule has 0 bridgehead atoms. The van der Waals surface area contributed by atoms with E-state index in [-0.39, 0.29) is 5.60 Å². The largest absolute Gasteiger partial charge is 0.488 e. The van der Waals surface area contributed by atoms with E-state index >= 15 is 0 Å². The SMILES string of the molecule is CC(C)(C)Oc1ccc2cnc(N)cc2c1. The highest BCUT2D eigenvalue weighted by Gasteiger charge is 2.11. The van der Waals surface area contributed by atoms with E-state index in [0.29, 0.717) is 5.82 Å². The Labute approximate surface area is 95.2 Å². The molecular weight excluding hydrogens is 200 g/mol. The topological polar surface area (TPSA) is 48.1 Å². The minimum absolute atomic E-state index is 0.188. The first kappa shape index (κ1) is 10.7. The van der Waals surface area contributed by atoms with Gasteiger partial charge in [0.25, 0.3) is 0 Å². The van der Waals surface area contributed by atoms with Gasteiger partial charge in [-0.2, -0.15) is 0 Å². The van der Waals surface area contributed by atoms with E-state index in [9.17, 15) is 0 Å². The molecule has 1 aromatic heterocycles. The lowest BCUT2D eigenvalue weighted by Gasteiger charge is -2.21. The van der Waals surface area contributed by atoms with Crippen molar-refractivity contribution in [3.05, 3.63) is 30.5 Å². The lowest BCUT2D eigenvalue weighted by molar-refractivity contribution is 0.131. The second-order valence-electron chi connectivity index (χ2n) is 4.83. The van der Waals surface area contributed by atoms with Crippen LogP contribution in [0, 0.1) is 0 Å².